The average molecular weight is 312 g/mol. The molecule has 0 bridgehead atoms. The van der Waals surface area contributed by atoms with Crippen molar-refractivity contribution < 1.29 is 14.7 Å². The third-order valence-corrected chi connectivity index (χ3v) is 4.41. The molecule has 1 aromatic carbocycles. The summed E-state index contributed by atoms with van der Waals surface area (Å²) >= 11 is 0. The number of hydrogen-bond donors (Lipinski definition) is 3. The number of aliphatic hydroxyl groups excluding tert-OH is 1. The Balaban J connectivity index is 1.60. The van der Waals surface area contributed by atoms with Crippen molar-refractivity contribution in [1.29, 1.82) is 0 Å². The van der Waals surface area contributed by atoms with E-state index >= 15 is 0 Å². The molecule has 120 valence electrons. The van der Waals surface area contributed by atoms with Gasteiger partial charge >= 0.3 is 0 Å². The Morgan fingerprint density at radius 1 is 1.09 bits per heavy atom. The van der Waals surface area contributed by atoms with Crippen LogP contribution in [-0.4, -0.2) is 34.4 Å². The zero-order valence-electron chi connectivity index (χ0n) is 12.8. The first-order valence-corrected chi connectivity index (χ1v) is 7.89. The summed E-state index contributed by atoms with van der Waals surface area (Å²) in [6.07, 6.45) is 5.82. The zero-order chi connectivity index (χ0) is 16.2. The van der Waals surface area contributed by atoms with Crippen LogP contribution in [-0.2, 0) is 0 Å². The summed E-state index contributed by atoms with van der Waals surface area (Å²) in [6.45, 7) is 0.490. The Morgan fingerprint density at radius 2 is 1.83 bits per heavy atom. The number of aromatic nitrogens is 1. The van der Waals surface area contributed by atoms with Crippen LogP contribution in [0.25, 0.3) is 0 Å². The number of rotatable bonds is 5. The summed E-state index contributed by atoms with van der Waals surface area (Å²) < 4.78 is 0. The van der Waals surface area contributed by atoms with Crippen LogP contribution >= 0.6 is 0 Å². The van der Waals surface area contributed by atoms with Crippen LogP contribution < -0.4 is 5.32 Å². The van der Waals surface area contributed by atoms with E-state index in [1.165, 1.54) is 0 Å². The molecule has 0 aliphatic heterocycles. The van der Waals surface area contributed by atoms with Gasteiger partial charge in [-0.1, -0.05) is 18.6 Å². The largest absolute Gasteiger partial charge is 0.393 e. The minimum Gasteiger partial charge on any atom is -0.393 e. The Morgan fingerprint density at radius 3 is 2.43 bits per heavy atom. The van der Waals surface area contributed by atoms with Gasteiger partial charge in [0.1, 0.15) is 0 Å². The fourth-order valence-corrected chi connectivity index (χ4v) is 2.99. The number of aliphatic hydroxyl groups is 1. The summed E-state index contributed by atoms with van der Waals surface area (Å²) in [5, 5.41) is 12.6. The smallest absolute Gasteiger partial charge is 0.251 e. The first-order chi connectivity index (χ1) is 11.1. The van der Waals surface area contributed by atoms with Crippen LogP contribution in [0.2, 0.25) is 0 Å². The predicted molar refractivity (Wildman–Crippen MR) is 86.3 cm³/mol. The fraction of sp³-hybridized carbons (Fsp3) is 0.333. The second kappa shape index (κ2) is 6.79. The average Bonchev–Trinajstić information content (AvgIpc) is 3.24. The molecule has 2 atom stereocenters. The van der Waals surface area contributed by atoms with Crippen molar-refractivity contribution in [2.75, 3.05) is 6.54 Å². The highest BCUT2D eigenvalue weighted by Gasteiger charge is 2.25. The molecule has 1 heterocycles. The van der Waals surface area contributed by atoms with Crippen molar-refractivity contribution in [3.05, 3.63) is 59.4 Å². The number of aromatic amines is 1. The molecule has 0 saturated heterocycles. The number of hydrogen-bond acceptors (Lipinski definition) is 3. The molecule has 0 spiro atoms. The van der Waals surface area contributed by atoms with E-state index in [4.69, 9.17) is 0 Å². The molecule has 3 rings (SSSR count). The summed E-state index contributed by atoms with van der Waals surface area (Å²) in [4.78, 5) is 27.2. The summed E-state index contributed by atoms with van der Waals surface area (Å²) in [5.74, 6) is -0.106. The molecule has 1 aliphatic rings. The highest BCUT2D eigenvalue weighted by Crippen LogP contribution is 2.24. The highest BCUT2D eigenvalue weighted by atomic mass is 16.3. The standard InChI is InChI=1S/C18H20N2O3/c21-16-3-1-2-14(16)11-20-18(23)13-6-4-12(5-7-13)17(22)15-8-9-19-10-15/h4-10,14,16,19,21H,1-3,11H2,(H,20,23). The molecule has 5 heteroatoms. The minimum atomic E-state index is -0.309. The third kappa shape index (κ3) is 3.51. The zero-order valence-corrected chi connectivity index (χ0v) is 12.8. The van der Waals surface area contributed by atoms with E-state index in [9.17, 15) is 14.7 Å². The van der Waals surface area contributed by atoms with Crippen LogP contribution in [0.1, 0.15) is 45.5 Å². The molecule has 1 fully saturated rings. The number of nitrogens with one attached hydrogen (secondary N) is 2. The molecule has 2 unspecified atom stereocenters. The molecular formula is C18H20N2O3. The molecule has 0 radical (unpaired) electrons. The van der Waals surface area contributed by atoms with E-state index in [-0.39, 0.29) is 23.7 Å². The lowest BCUT2D eigenvalue weighted by Crippen LogP contribution is -2.32. The first-order valence-electron chi connectivity index (χ1n) is 7.89. The van der Waals surface area contributed by atoms with E-state index in [1.807, 2.05) is 0 Å². The lowest BCUT2D eigenvalue weighted by atomic mass is 10.0. The molecular weight excluding hydrogens is 292 g/mol. The number of ketones is 1. The number of carbonyl (C=O) groups is 2. The van der Waals surface area contributed by atoms with E-state index in [1.54, 1.807) is 42.7 Å². The van der Waals surface area contributed by atoms with Crippen molar-refractivity contribution in [2.24, 2.45) is 5.92 Å². The topological polar surface area (TPSA) is 82.2 Å². The fourth-order valence-electron chi connectivity index (χ4n) is 2.99. The quantitative estimate of drug-likeness (QED) is 0.740. The maximum Gasteiger partial charge on any atom is 0.251 e. The van der Waals surface area contributed by atoms with Gasteiger partial charge in [-0.05, 0) is 31.0 Å². The SMILES string of the molecule is O=C(NCC1CCCC1O)c1ccc(C(=O)c2cc[nH]c2)cc1. The van der Waals surface area contributed by atoms with Crippen molar-refractivity contribution in [2.45, 2.75) is 25.4 Å². The second-order valence-corrected chi connectivity index (χ2v) is 5.97. The molecule has 1 aliphatic carbocycles. The Bertz CT molecular complexity index is 677. The Hall–Kier alpha value is -2.40. The Kier molecular flexibility index (Phi) is 4.57. The third-order valence-electron chi connectivity index (χ3n) is 4.41. The van der Waals surface area contributed by atoms with Gasteiger partial charge in [-0.15, -0.1) is 0 Å². The van der Waals surface area contributed by atoms with Crippen LogP contribution in [0, 0.1) is 5.92 Å². The number of benzene rings is 1. The van der Waals surface area contributed by atoms with Gasteiger partial charge in [0.2, 0.25) is 0 Å². The van der Waals surface area contributed by atoms with Crippen LogP contribution in [0.4, 0.5) is 0 Å². The Labute approximate surface area is 134 Å². The molecule has 23 heavy (non-hydrogen) atoms. The van der Waals surface area contributed by atoms with Crippen LogP contribution in [0.3, 0.4) is 0 Å². The van der Waals surface area contributed by atoms with Gasteiger partial charge in [0.05, 0.1) is 6.10 Å². The number of carbonyl (C=O) groups excluding carboxylic acids is 2. The van der Waals surface area contributed by atoms with Gasteiger partial charge < -0.3 is 15.4 Å². The minimum absolute atomic E-state index is 0.0766. The first kappa shape index (κ1) is 15.5. The molecule has 1 amide bonds. The maximum absolute atomic E-state index is 12.2. The van der Waals surface area contributed by atoms with Gasteiger partial charge in [0.15, 0.2) is 5.78 Å². The summed E-state index contributed by atoms with van der Waals surface area (Å²) in [5.41, 5.74) is 1.66. The highest BCUT2D eigenvalue weighted by molar-refractivity contribution is 6.09. The second-order valence-electron chi connectivity index (χ2n) is 5.97. The van der Waals surface area contributed by atoms with E-state index in [2.05, 4.69) is 10.3 Å². The van der Waals surface area contributed by atoms with E-state index < -0.39 is 0 Å². The van der Waals surface area contributed by atoms with Crippen LogP contribution in [0.15, 0.2) is 42.7 Å². The van der Waals surface area contributed by atoms with Gasteiger partial charge in [-0.25, -0.2) is 0 Å². The number of amides is 1. The molecule has 1 saturated carbocycles. The predicted octanol–water partition coefficient (Wildman–Crippen LogP) is 2.14. The van der Waals surface area contributed by atoms with Gasteiger partial charge in [0.25, 0.3) is 5.91 Å². The van der Waals surface area contributed by atoms with Gasteiger partial charge in [-0.3, -0.25) is 9.59 Å². The molecule has 3 N–H and O–H groups in total. The lowest BCUT2D eigenvalue weighted by molar-refractivity contribution is 0.0915. The molecule has 5 nitrogen and oxygen atoms in total. The molecule has 2 aromatic rings. The van der Waals surface area contributed by atoms with E-state index in [0.717, 1.165) is 19.3 Å². The van der Waals surface area contributed by atoms with Gasteiger partial charge in [0, 0.05) is 41.5 Å². The monoisotopic (exact) mass is 312 g/mol. The molecule has 1 aromatic heterocycles. The van der Waals surface area contributed by atoms with Crippen molar-refractivity contribution in [3.8, 4) is 0 Å². The normalized spacial score (nSPS) is 20.4. The van der Waals surface area contributed by atoms with Crippen molar-refractivity contribution >= 4 is 11.7 Å². The van der Waals surface area contributed by atoms with Gasteiger partial charge in [-0.2, -0.15) is 0 Å². The van der Waals surface area contributed by atoms with Crippen molar-refractivity contribution in [3.63, 3.8) is 0 Å². The summed E-state index contributed by atoms with van der Waals surface area (Å²) in [6, 6.07) is 8.35. The number of H-pyrrole nitrogens is 1. The van der Waals surface area contributed by atoms with E-state index in [0.29, 0.717) is 23.2 Å². The maximum atomic E-state index is 12.2. The summed E-state index contributed by atoms with van der Waals surface area (Å²) in [7, 11) is 0. The van der Waals surface area contributed by atoms with Crippen molar-refractivity contribution in [1.82, 2.24) is 10.3 Å². The van der Waals surface area contributed by atoms with Crippen LogP contribution in [0.5, 0.6) is 0 Å². The lowest BCUT2D eigenvalue weighted by Gasteiger charge is -2.15.